The number of phenolic OH excluding ortho intramolecular Hbond substituents is 2. The van der Waals surface area contributed by atoms with E-state index >= 15 is 0 Å². The van der Waals surface area contributed by atoms with Gasteiger partial charge in [0.15, 0.2) is 5.17 Å². The number of hydrogen-bond donors (Lipinski definition) is 4. The van der Waals surface area contributed by atoms with Gasteiger partial charge in [-0.2, -0.15) is 0 Å². The fraction of sp³-hybridized carbons (Fsp3) is 0.222. The summed E-state index contributed by atoms with van der Waals surface area (Å²) in [6.45, 7) is 1.80. The van der Waals surface area contributed by atoms with Crippen LogP contribution in [0.15, 0.2) is 41.4 Å². The Balaban J connectivity index is 1.90. The predicted molar refractivity (Wildman–Crippen MR) is 100 cm³/mol. The molecule has 1 heterocycles. The summed E-state index contributed by atoms with van der Waals surface area (Å²) in [5, 5.41) is 22.1. The van der Waals surface area contributed by atoms with E-state index in [2.05, 4.69) is 10.3 Å². The zero-order valence-corrected chi connectivity index (χ0v) is 14.8. The van der Waals surface area contributed by atoms with Crippen molar-refractivity contribution in [2.75, 3.05) is 11.1 Å². The fourth-order valence-electron chi connectivity index (χ4n) is 2.81. The second kappa shape index (κ2) is 6.87. The fourth-order valence-corrected chi connectivity index (χ4v) is 3.78. The van der Waals surface area contributed by atoms with E-state index in [-0.39, 0.29) is 17.1 Å². The molecule has 3 rings (SSSR count). The molecule has 2 aromatic rings. The molecule has 136 valence electrons. The standard InChI is InChI=1S/C18H18FN3O3S/c1-18(6-7-26-17(20)22-18)13-8-10(2-5-14(13)19)21-16(25)12-4-3-11(23)9-15(12)24/h2-5,8-9,23-24H,6-7H2,1H3,(H2,20,22)(H,21,25). The maximum atomic E-state index is 14.4. The van der Waals surface area contributed by atoms with Crippen LogP contribution in [0.2, 0.25) is 0 Å². The summed E-state index contributed by atoms with van der Waals surface area (Å²) < 4.78 is 14.4. The van der Waals surface area contributed by atoms with Gasteiger partial charge >= 0.3 is 0 Å². The van der Waals surface area contributed by atoms with E-state index in [1.807, 2.05) is 0 Å². The Bertz CT molecular complexity index is 903. The monoisotopic (exact) mass is 375 g/mol. The molecule has 0 spiro atoms. The van der Waals surface area contributed by atoms with E-state index < -0.39 is 17.3 Å². The molecule has 5 N–H and O–H groups in total. The minimum absolute atomic E-state index is 0.00350. The molecule has 1 amide bonds. The maximum Gasteiger partial charge on any atom is 0.259 e. The van der Waals surface area contributed by atoms with Crippen LogP contribution in [0.4, 0.5) is 10.1 Å². The lowest BCUT2D eigenvalue weighted by atomic mass is 9.89. The first-order valence-corrected chi connectivity index (χ1v) is 8.88. The second-order valence-corrected chi connectivity index (χ2v) is 7.29. The summed E-state index contributed by atoms with van der Waals surface area (Å²) in [5.74, 6) is -0.780. The van der Waals surface area contributed by atoms with Crippen molar-refractivity contribution in [3.05, 3.63) is 53.3 Å². The van der Waals surface area contributed by atoms with E-state index in [1.165, 1.54) is 42.1 Å². The molecule has 1 aliphatic heterocycles. The molecule has 6 nitrogen and oxygen atoms in total. The highest BCUT2D eigenvalue weighted by molar-refractivity contribution is 8.13. The zero-order chi connectivity index (χ0) is 18.9. The van der Waals surface area contributed by atoms with Crippen molar-refractivity contribution in [3.8, 4) is 11.5 Å². The molecule has 1 unspecified atom stereocenters. The number of amidine groups is 1. The number of phenols is 2. The molecule has 1 aliphatic rings. The first-order chi connectivity index (χ1) is 12.3. The van der Waals surface area contributed by atoms with Crippen LogP contribution in [0, 0.1) is 5.82 Å². The average Bonchev–Trinajstić information content (AvgIpc) is 2.56. The molecule has 26 heavy (non-hydrogen) atoms. The lowest BCUT2D eigenvalue weighted by Crippen LogP contribution is -2.29. The van der Waals surface area contributed by atoms with Gasteiger partial charge in [-0.05, 0) is 43.7 Å². The number of rotatable bonds is 3. The number of carbonyl (C=O) groups excluding carboxylic acids is 1. The van der Waals surface area contributed by atoms with Gasteiger partial charge in [0.1, 0.15) is 17.3 Å². The molecule has 0 saturated heterocycles. The Morgan fingerprint density at radius 1 is 1.31 bits per heavy atom. The van der Waals surface area contributed by atoms with Gasteiger partial charge in [-0.25, -0.2) is 4.39 Å². The molecule has 0 bridgehead atoms. The number of halogens is 1. The van der Waals surface area contributed by atoms with Gasteiger partial charge in [-0.15, -0.1) is 0 Å². The van der Waals surface area contributed by atoms with Gasteiger partial charge in [0, 0.05) is 23.1 Å². The summed E-state index contributed by atoms with van der Waals surface area (Å²) in [4.78, 5) is 16.7. The van der Waals surface area contributed by atoms with Crippen molar-refractivity contribution < 1.29 is 19.4 Å². The van der Waals surface area contributed by atoms with Crippen LogP contribution < -0.4 is 11.1 Å². The molecule has 0 radical (unpaired) electrons. The van der Waals surface area contributed by atoms with Gasteiger partial charge in [-0.3, -0.25) is 9.79 Å². The predicted octanol–water partition coefficient (Wildman–Crippen LogP) is 3.16. The smallest absolute Gasteiger partial charge is 0.259 e. The van der Waals surface area contributed by atoms with Gasteiger partial charge in [-0.1, -0.05) is 11.8 Å². The van der Waals surface area contributed by atoms with Crippen LogP contribution in [0.3, 0.4) is 0 Å². The number of thioether (sulfide) groups is 1. The minimum Gasteiger partial charge on any atom is -0.508 e. The highest BCUT2D eigenvalue weighted by Crippen LogP contribution is 2.37. The third-order valence-electron chi connectivity index (χ3n) is 4.23. The van der Waals surface area contributed by atoms with Crippen molar-refractivity contribution in [3.63, 3.8) is 0 Å². The lowest BCUT2D eigenvalue weighted by Gasteiger charge is -2.30. The Morgan fingerprint density at radius 2 is 2.08 bits per heavy atom. The van der Waals surface area contributed by atoms with Crippen LogP contribution in [-0.2, 0) is 5.54 Å². The van der Waals surface area contributed by atoms with Crippen molar-refractivity contribution in [1.29, 1.82) is 0 Å². The summed E-state index contributed by atoms with van der Waals surface area (Å²) >= 11 is 1.42. The normalized spacial score (nSPS) is 19.7. The summed E-state index contributed by atoms with van der Waals surface area (Å²) in [6.07, 6.45) is 0.617. The Labute approximate surface area is 153 Å². The number of aliphatic imine (C=N–C) groups is 1. The Kier molecular flexibility index (Phi) is 4.78. The van der Waals surface area contributed by atoms with Gasteiger partial charge < -0.3 is 21.3 Å². The van der Waals surface area contributed by atoms with Crippen molar-refractivity contribution in [2.24, 2.45) is 10.7 Å². The van der Waals surface area contributed by atoms with Crippen LogP contribution >= 0.6 is 11.8 Å². The molecular formula is C18H18FN3O3S. The van der Waals surface area contributed by atoms with Crippen molar-refractivity contribution >= 4 is 28.5 Å². The van der Waals surface area contributed by atoms with Crippen LogP contribution in [-0.4, -0.2) is 27.0 Å². The van der Waals surface area contributed by atoms with Crippen LogP contribution in [0.5, 0.6) is 11.5 Å². The third-order valence-corrected chi connectivity index (χ3v) is 5.02. The van der Waals surface area contributed by atoms with Gasteiger partial charge in [0.2, 0.25) is 0 Å². The zero-order valence-electron chi connectivity index (χ0n) is 14.0. The third kappa shape index (κ3) is 3.60. The van der Waals surface area contributed by atoms with Crippen molar-refractivity contribution in [1.82, 2.24) is 0 Å². The van der Waals surface area contributed by atoms with E-state index in [1.54, 1.807) is 6.92 Å². The average molecular weight is 375 g/mol. The summed E-state index contributed by atoms with van der Waals surface area (Å²) in [7, 11) is 0. The topological polar surface area (TPSA) is 108 Å². The molecule has 1 atom stereocenters. The van der Waals surface area contributed by atoms with Crippen LogP contribution in [0.25, 0.3) is 0 Å². The number of amides is 1. The first-order valence-electron chi connectivity index (χ1n) is 7.90. The summed E-state index contributed by atoms with van der Waals surface area (Å²) in [6, 6.07) is 7.89. The lowest BCUT2D eigenvalue weighted by molar-refractivity contribution is 0.102. The number of aromatic hydroxyl groups is 2. The molecule has 0 aliphatic carbocycles. The van der Waals surface area contributed by atoms with Gasteiger partial charge in [0.05, 0.1) is 11.1 Å². The minimum atomic E-state index is -0.805. The number of nitrogens with one attached hydrogen (secondary N) is 1. The van der Waals surface area contributed by atoms with E-state index in [0.29, 0.717) is 22.8 Å². The number of anilines is 1. The summed E-state index contributed by atoms with van der Waals surface area (Å²) in [5.41, 5.74) is 5.69. The largest absolute Gasteiger partial charge is 0.508 e. The van der Waals surface area contributed by atoms with Gasteiger partial charge in [0.25, 0.3) is 5.91 Å². The van der Waals surface area contributed by atoms with E-state index in [4.69, 9.17) is 5.73 Å². The highest BCUT2D eigenvalue weighted by Gasteiger charge is 2.32. The number of carbonyl (C=O) groups is 1. The number of nitrogens with zero attached hydrogens (tertiary/aromatic N) is 1. The van der Waals surface area contributed by atoms with Crippen molar-refractivity contribution in [2.45, 2.75) is 18.9 Å². The number of nitrogens with two attached hydrogens (primary N) is 1. The quantitative estimate of drug-likeness (QED) is 0.659. The SMILES string of the molecule is CC1(c2cc(NC(=O)c3ccc(O)cc3O)ccc2F)CCSC(N)=N1. The Hall–Kier alpha value is -2.74. The number of benzene rings is 2. The molecule has 0 saturated carbocycles. The Morgan fingerprint density at radius 3 is 2.77 bits per heavy atom. The highest BCUT2D eigenvalue weighted by atomic mass is 32.2. The maximum absolute atomic E-state index is 14.4. The molecule has 2 aromatic carbocycles. The molecular weight excluding hydrogens is 357 g/mol. The molecule has 0 fully saturated rings. The molecule has 0 aromatic heterocycles. The van der Waals surface area contributed by atoms with Crippen LogP contribution in [0.1, 0.15) is 29.3 Å². The second-order valence-electron chi connectivity index (χ2n) is 6.17. The van der Waals surface area contributed by atoms with E-state index in [0.717, 1.165) is 11.8 Å². The number of hydrogen-bond acceptors (Lipinski definition) is 6. The first kappa shape index (κ1) is 18.1. The molecule has 8 heteroatoms. The van der Waals surface area contributed by atoms with E-state index in [9.17, 15) is 19.4 Å².